The highest BCUT2D eigenvalue weighted by molar-refractivity contribution is 5.53. The lowest BCUT2D eigenvalue weighted by molar-refractivity contribution is 0.410. The Kier molecular flexibility index (Phi) is 3.47. The van der Waals surface area contributed by atoms with Gasteiger partial charge in [-0.2, -0.15) is 5.26 Å². The van der Waals surface area contributed by atoms with Crippen LogP contribution in [0.4, 0.5) is 5.69 Å². The summed E-state index contributed by atoms with van der Waals surface area (Å²) in [5, 5.41) is 9.14. The molecule has 0 aromatic heterocycles. The maximum Gasteiger partial charge on any atom is 0.122 e. The topological polar surface area (TPSA) is 36.3 Å². The maximum absolute atomic E-state index is 9.14. The van der Waals surface area contributed by atoms with E-state index in [0.29, 0.717) is 0 Å². The fourth-order valence-corrected chi connectivity index (χ4v) is 2.28. The Labute approximate surface area is 109 Å². The first kappa shape index (κ1) is 12.8. The number of rotatable bonds is 5. The van der Waals surface area contributed by atoms with Gasteiger partial charge in [0, 0.05) is 19.3 Å². The van der Waals surface area contributed by atoms with Gasteiger partial charge in [-0.15, -0.1) is 0 Å². The van der Waals surface area contributed by atoms with Crippen molar-refractivity contribution in [1.29, 1.82) is 5.26 Å². The molecule has 3 heteroatoms. The minimum atomic E-state index is -0.0962. The lowest BCUT2D eigenvalue weighted by atomic mass is 10.1. The monoisotopic (exact) mass is 244 g/mol. The fourth-order valence-electron chi connectivity index (χ4n) is 2.28. The molecule has 0 spiro atoms. The quantitative estimate of drug-likeness (QED) is 0.799. The molecule has 0 saturated heterocycles. The molecule has 3 nitrogen and oxygen atoms in total. The summed E-state index contributed by atoms with van der Waals surface area (Å²) in [5.41, 5.74) is 2.28. The zero-order valence-corrected chi connectivity index (χ0v) is 11.4. The van der Waals surface area contributed by atoms with Gasteiger partial charge < -0.3 is 9.64 Å². The first-order valence-corrected chi connectivity index (χ1v) is 6.43. The number of aryl methyl sites for hydroxylation is 1. The van der Waals surface area contributed by atoms with E-state index in [1.165, 1.54) is 5.56 Å². The zero-order chi connectivity index (χ0) is 13.2. The Balaban J connectivity index is 2.15. The van der Waals surface area contributed by atoms with Gasteiger partial charge in [-0.25, -0.2) is 0 Å². The van der Waals surface area contributed by atoms with Gasteiger partial charge >= 0.3 is 0 Å². The van der Waals surface area contributed by atoms with Crippen molar-refractivity contribution >= 4 is 5.69 Å². The van der Waals surface area contributed by atoms with Crippen molar-refractivity contribution in [3.8, 4) is 11.8 Å². The average Bonchev–Trinajstić information content (AvgIpc) is 3.18. The molecule has 0 atom stereocenters. The van der Waals surface area contributed by atoms with Crippen LogP contribution in [0.3, 0.4) is 0 Å². The molecule has 1 aliphatic carbocycles. The summed E-state index contributed by atoms with van der Waals surface area (Å²) in [5.74, 6) is 0.941. The molecule has 1 aliphatic rings. The van der Waals surface area contributed by atoms with Crippen LogP contribution in [0.15, 0.2) is 18.2 Å². The first-order valence-electron chi connectivity index (χ1n) is 6.43. The molecule has 0 unspecified atom stereocenters. The first-order chi connectivity index (χ1) is 8.64. The number of nitriles is 1. The van der Waals surface area contributed by atoms with E-state index < -0.39 is 0 Å². The van der Waals surface area contributed by atoms with Crippen LogP contribution < -0.4 is 9.64 Å². The second-order valence-corrected chi connectivity index (χ2v) is 5.10. The van der Waals surface area contributed by atoms with Crippen LogP contribution in [0.5, 0.6) is 5.75 Å². The molecule has 1 saturated carbocycles. The highest BCUT2D eigenvalue weighted by Crippen LogP contribution is 2.45. The van der Waals surface area contributed by atoms with Crippen LogP contribution in [0.25, 0.3) is 0 Å². The van der Waals surface area contributed by atoms with Crippen molar-refractivity contribution in [1.82, 2.24) is 0 Å². The van der Waals surface area contributed by atoms with Gasteiger partial charge in [0.2, 0.25) is 0 Å². The van der Waals surface area contributed by atoms with Crippen molar-refractivity contribution in [3.05, 3.63) is 23.8 Å². The largest absolute Gasteiger partial charge is 0.496 e. The molecule has 0 bridgehead atoms. The molecule has 0 N–H and O–H groups in total. The molecule has 0 aliphatic heterocycles. The highest BCUT2D eigenvalue weighted by Gasteiger charge is 2.44. The third kappa shape index (κ3) is 2.43. The molecular weight excluding hydrogens is 224 g/mol. The highest BCUT2D eigenvalue weighted by atomic mass is 16.5. The Morgan fingerprint density at radius 3 is 2.67 bits per heavy atom. The second-order valence-electron chi connectivity index (χ2n) is 5.10. The van der Waals surface area contributed by atoms with Crippen molar-refractivity contribution < 1.29 is 4.74 Å². The summed E-state index contributed by atoms with van der Waals surface area (Å²) in [6.45, 7) is 2.94. The van der Waals surface area contributed by atoms with Crippen LogP contribution in [-0.2, 0) is 6.42 Å². The summed E-state index contributed by atoms with van der Waals surface area (Å²) < 4.78 is 5.33. The van der Waals surface area contributed by atoms with Crippen LogP contribution in [0, 0.1) is 16.7 Å². The van der Waals surface area contributed by atoms with Gasteiger partial charge in [-0.3, -0.25) is 0 Å². The number of hydrogen-bond acceptors (Lipinski definition) is 3. The van der Waals surface area contributed by atoms with Gasteiger partial charge in [0.1, 0.15) is 5.75 Å². The van der Waals surface area contributed by atoms with Crippen molar-refractivity contribution in [2.75, 3.05) is 25.6 Å². The molecule has 1 aromatic carbocycles. The number of anilines is 1. The summed E-state index contributed by atoms with van der Waals surface area (Å²) in [6.07, 6.45) is 3.02. The van der Waals surface area contributed by atoms with E-state index >= 15 is 0 Å². The normalized spacial score (nSPS) is 15.9. The smallest absolute Gasteiger partial charge is 0.122 e. The van der Waals surface area contributed by atoms with Gasteiger partial charge in [0.05, 0.1) is 18.6 Å². The summed E-state index contributed by atoms with van der Waals surface area (Å²) in [6, 6.07) is 8.67. The summed E-state index contributed by atoms with van der Waals surface area (Å²) in [7, 11) is 3.76. The molecule has 2 rings (SSSR count). The minimum Gasteiger partial charge on any atom is -0.496 e. The predicted octanol–water partition coefficient (Wildman–Crippen LogP) is 3.00. The van der Waals surface area contributed by atoms with Gasteiger partial charge in [-0.05, 0) is 43.0 Å². The molecule has 18 heavy (non-hydrogen) atoms. The molecule has 1 fully saturated rings. The molecule has 0 heterocycles. The van der Waals surface area contributed by atoms with Crippen molar-refractivity contribution in [2.45, 2.75) is 26.2 Å². The van der Waals surface area contributed by atoms with Gasteiger partial charge in [0.25, 0.3) is 0 Å². The SMILES string of the molecule is CCc1cc(N(C)CC2(C#N)CC2)ccc1OC. The van der Waals surface area contributed by atoms with E-state index in [0.717, 1.165) is 37.2 Å². The summed E-state index contributed by atoms with van der Waals surface area (Å²) in [4.78, 5) is 2.18. The Bertz CT molecular complexity index is 472. The summed E-state index contributed by atoms with van der Waals surface area (Å²) >= 11 is 0. The van der Waals surface area contributed by atoms with E-state index in [4.69, 9.17) is 10.00 Å². The van der Waals surface area contributed by atoms with E-state index in [1.54, 1.807) is 7.11 Å². The minimum absolute atomic E-state index is 0.0962. The third-order valence-corrected chi connectivity index (χ3v) is 3.72. The number of methoxy groups -OCH3 is 1. The predicted molar refractivity (Wildman–Crippen MR) is 72.9 cm³/mol. The number of ether oxygens (including phenoxy) is 1. The van der Waals surface area contributed by atoms with Crippen LogP contribution in [0.2, 0.25) is 0 Å². The maximum atomic E-state index is 9.14. The van der Waals surface area contributed by atoms with Crippen LogP contribution >= 0.6 is 0 Å². The zero-order valence-electron chi connectivity index (χ0n) is 11.4. The lowest BCUT2D eigenvalue weighted by Crippen LogP contribution is -2.25. The number of nitrogens with zero attached hydrogens (tertiary/aromatic N) is 2. The third-order valence-electron chi connectivity index (χ3n) is 3.72. The second kappa shape index (κ2) is 4.89. The van der Waals surface area contributed by atoms with E-state index in [9.17, 15) is 0 Å². The van der Waals surface area contributed by atoms with E-state index in [2.05, 4.69) is 37.1 Å². The number of hydrogen-bond donors (Lipinski definition) is 0. The Hall–Kier alpha value is -1.69. The van der Waals surface area contributed by atoms with Gasteiger partial charge in [0.15, 0.2) is 0 Å². The fraction of sp³-hybridized carbons (Fsp3) is 0.533. The van der Waals surface area contributed by atoms with E-state index in [-0.39, 0.29) is 5.41 Å². The van der Waals surface area contributed by atoms with Gasteiger partial charge in [-0.1, -0.05) is 6.92 Å². The molecule has 96 valence electrons. The van der Waals surface area contributed by atoms with Crippen molar-refractivity contribution in [2.24, 2.45) is 5.41 Å². The van der Waals surface area contributed by atoms with Crippen LogP contribution in [-0.4, -0.2) is 20.7 Å². The van der Waals surface area contributed by atoms with Crippen molar-refractivity contribution in [3.63, 3.8) is 0 Å². The Morgan fingerprint density at radius 1 is 1.44 bits per heavy atom. The average molecular weight is 244 g/mol. The number of benzene rings is 1. The van der Waals surface area contributed by atoms with E-state index in [1.807, 2.05) is 6.07 Å². The van der Waals surface area contributed by atoms with Crippen LogP contribution in [0.1, 0.15) is 25.3 Å². The lowest BCUT2D eigenvalue weighted by Gasteiger charge is -2.23. The molecule has 0 amide bonds. The molecule has 0 radical (unpaired) electrons. The molecular formula is C15H20N2O. The molecule has 1 aromatic rings. The Morgan fingerprint density at radius 2 is 2.17 bits per heavy atom. The standard InChI is InChI=1S/C15H20N2O/c1-4-12-9-13(5-6-14(12)18-3)17(2)11-15(10-16)7-8-15/h5-6,9H,4,7-8,11H2,1-3H3.